The summed E-state index contributed by atoms with van der Waals surface area (Å²) >= 11 is 0. The average Bonchev–Trinajstić information content (AvgIpc) is 2.36. The van der Waals surface area contributed by atoms with Gasteiger partial charge < -0.3 is 14.4 Å². The Kier molecular flexibility index (Phi) is 5.86. The van der Waals surface area contributed by atoms with Gasteiger partial charge in [0.15, 0.2) is 18.1 Å². The first-order chi connectivity index (χ1) is 9.36. The zero-order chi connectivity index (χ0) is 15.3. The number of carbonyl (C=O) groups is 1. The number of nitrogens with zero attached hydrogens (tertiary/aromatic N) is 1. The van der Waals surface area contributed by atoms with Crippen molar-refractivity contribution >= 4 is 5.91 Å². The number of carbonyl (C=O) groups excluding carboxylic acids is 1. The van der Waals surface area contributed by atoms with Gasteiger partial charge in [-0.2, -0.15) is 0 Å². The lowest BCUT2D eigenvalue weighted by Gasteiger charge is -2.30. The van der Waals surface area contributed by atoms with E-state index < -0.39 is 0 Å². The summed E-state index contributed by atoms with van der Waals surface area (Å²) in [5.74, 6) is 1.23. The van der Waals surface area contributed by atoms with Crippen molar-refractivity contribution < 1.29 is 14.3 Å². The first kappa shape index (κ1) is 16.3. The van der Waals surface area contributed by atoms with Gasteiger partial charge in [-0.1, -0.05) is 6.07 Å². The van der Waals surface area contributed by atoms with Gasteiger partial charge >= 0.3 is 0 Å². The predicted octanol–water partition coefficient (Wildman–Crippen LogP) is 3.03. The fourth-order valence-electron chi connectivity index (χ4n) is 2.28. The second-order valence-corrected chi connectivity index (χ2v) is 5.43. The molecule has 0 aliphatic heterocycles. The molecule has 0 atom stereocenters. The van der Waals surface area contributed by atoms with Crippen LogP contribution >= 0.6 is 0 Å². The Hall–Kier alpha value is -1.71. The van der Waals surface area contributed by atoms with Gasteiger partial charge in [0, 0.05) is 12.1 Å². The van der Waals surface area contributed by atoms with Crippen LogP contribution in [0.1, 0.15) is 33.3 Å². The summed E-state index contributed by atoms with van der Waals surface area (Å²) in [4.78, 5) is 14.0. The maximum absolute atomic E-state index is 12.2. The molecule has 20 heavy (non-hydrogen) atoms. The minimum Gasteiger partial charge on any atom is -0.493 e. The Labute approximate surface area is 121 Å². The fraction of sp³-hybridized carbons (Fsp3) is 0.562. The van der Waals surface area contributed by atoms with Gasteiger partial charge in [0.2, 0.25) is 0 Å². The third-order valence-corrected chi connectivity index (χ3v) is 3.07. The van der Waals surface area contributed by atoms with E-state index in [2.05, 4.69) is 0 Å². The van der Waals surface area contributed by atoms with E-state index in [4.69, 9.17) is 9.47 Å². The second-order valence-electron chi connectivity index (χ2n) is 5.43. The highest BCUT2D eigenvalue weighted by Crippen LogP contribution is 2.27. The lowest BCUT2D eigenvalue weighted by atomic mass is 10.2. The molecular weight excluding hydrogens is 254 g/mol. The molecule has 0 spiro atoms. The Morgan fingerprint density at radius 2 is 1.75 bits per heavy atom. The zero-order valence-corrected chi connectivity index (χ0v) is 13.3. The van der Waals surface area contributed by atoms with E-state index >= 15 is 0 Å². The van der Waals surface area contributed by atoms with Crippen LogP contribution in [0.5, 0.6) is 11.5 Å². The van der Waals surface area contributed by atoms with Crippen molar-refractivity contribution in [1.29, 1.82) is 0 Å². The van der Waals surface area contributed by atoms with Crippen LogP contribution in [0.25, 0.3) is 0 Å². The monoisotopic (exact) mass is 279 g/mol. The summed E-state index contributed by atoms with van der Waals surface area (Å²) in [6, 6.07) is 5.97. The van der Waals surface area contributed by atoms with Crippen molar-refractivity contribution in [1.82, 2.24) is 4.90 Å². The van der Waals surface area contributed by atoms with E-state index in [1.807, 2.05) is 57.7 Å². The molecule has 0 saturated carbocycles. The summed E-state index contributed by atoms with van der Waals surface area (Å²) in [5, 5.41) is 0. The third-order valence-electron chi connectivity index (χ3n) is 3.07. The van der Waals surface area contributed by atoms with E-state index in [1.165, 1.54) is 0 Å². The minimum absolute atomic E-state index is 0.0161. The van der Waals surface area contributed by atoms with Crippen molar-refractivity contribution in [3.8, 4) is 11.5 Å². The summed E-state index contributed by atoms with van der Waals surface area (Å²) in [5.41, 5.74) is 1.09. The van der Waals surface area contributed by atoms with Crippen LogP contribution in [0.3, 0.4) is 0 Å². The Morgan fingerprint density at radius 1 is 1.15 bits per heavy atom. The molecule has 0 aromatic heterocycles. The van der Waals surface area contributed by atoms with Crippen LogP contribution in [0.4, 0.5) is 0 Å². The standard InChI is InChI=1S/C16H25NO3/c1-11(2)17(12(3)4)16(18)10-20-14-8-7-13(5)9-15(14)19-6/h7-9,11-12H,10H2,1-6H3. The number of hydrogen-bond acceptors (Lipinski definition) is 3. The summed E-state index contributed by atoms with van der Waals surface area (Å²) in [6.45, 7) is 10.0. The van der Waals surface area contributed by atoms with Crippen molar-refractivity contribution in [2.75, 3.05) is 13.7 Å². The molecule has 0 heterocycles. The molecule has 0 radical (unpaired) electrons. The smallest absolute Gasteiger partial charge is 0.260 e. The molecule has 0 N–H and O–H groups in total. The van der Waals surface area contributed by atoms with E-state index in [0.29, 0.717) is 11.5 Å². The van der Waals surface area contributed by atoms with Gasteiger partial charge in [0.05, 0.1) is 7.11 Å². The number of ether oxygens (including phenoxy) is 2. The Bertz CT molecular complexity index is 447. The highest BCUT2D eigenvalue weighted by atomic mass is 16.5. The number of methoxy groups -OCH3 is 1. The predicted molar refractivity (Wildman–Crippen MR) is 80.3 cm³/mol. The highest BCUT2D eigenvalue weighted by molar-refractivity contribution is 5.78. The molecule has 4 nitrogen and oxygen atoms in total. The maximum Gasteiger partial charge on any atom is 0.260 e. The Balaban J connectivity index is 2.74. The van der Waals surface area contributed by atoms with Gasteiger partial charge in [-0.3, -0.25) is 4.79 Å². The number of amides is 1. The molecule has 112 valence electrons. The van der Waals surface area contributed by atoms with Crippen LogP contribution in [-0.4, -0.2) is 36.6 Å². The molecule has 1 aromatic carbocycles. The normalized spacial score (nSPS) is 10.8. The highest BCUT2D eigenvalue weighted by Gasteiger charge is 2.20. The minimum atomic E-state index is -0.0161. The van der Waals surface area contributed by atoms with Gasteiger partial charge in [0.1, 0.15) is 0 Å². The topological polar surface area (TPSA) is 38.8 Å². The second kappa shape index (κ2) is 7.17. The largest absolute Gasteiger partial charge is 0.493 e. The van der Waals surface area contributed by atoms with E-state index in [0.717, 1.165) is 5.56 Å². The molecule has 0 fully saturated rings. The van der Waals surface area contributed by atoms with Gasteiger partial charge in [-0.05, 0) is 52.3 Å². The zero-order valence-electron chi connectivity index (χ0n) is 13.3. The summed E-state index contributed by atoms with van der Waals surface area (Å²) < 4.78 is 10.9. The van der Waals surface area contributed by atoms with Gasteiger partial charge in [0.25, 0.3) is 5.91 Å². The number of hydrogen-bond donors (Lipinski definition) is 0. The van der Waals surface area contributed by atoms with Crippen LogP contribution in [-0.2, 0) is 4.79 Å². The van der Waals surface area contributed by atoms with Crippen LogP contribution in [0.2, 0.25) is 0 Å². The molecule has 0 unspecified atom stereocenters. The van der Waals surface area contributed by atoms with Gasteiger partial charge in [-0.25, -0.2) is 0 Å². The van der Waals surface area contributed by atoms with Gasteiger partial charge in [-0.15, -0.1) is 0 Å². The SMILES string of the molecule is COc1cc(C)ccc1OCC(=O)N(C(C)C)C(C)C. The first-order valence-corrected chi connectivity index (χ1v) is 6.95. The maximum atomic E-state index is 12.2. The van der Waals surface area contributed by atoms with Crippen LogP contribution in [0.15, 0.2) is 18.2 Å². The molecule has 0 bridgehead atoms. The fourth-order valence-corrected chi connectivity index (χ4v) is 2.28. The van der Waals surface area contributed by atoms with Crippen molar-refractivity contribution in [2.24, 2.45) is 0 Å². The molecule has 1 aromatic rings. The van der Waals surface area contributed by atoms with Crippen molar-refractivity contribution in [3.05, 3.63) is 23.8 Å². The van der Waals surface area contributed by atoms with E-state index in [1.54, 1.807) is 7.11 Å². The molecule has 0 aliphatic carbocycles. The van der Waals surface area contributed by atoms with Crippen LogP contribution in [0, 0.1) is 6.92 Å². The molecule has 4 heteroatoms. The first-order valence-electron chi connectivity index (χ1n) is 6.95. The summed E-state index contributed by atoms with van der Waals surface area (Å²) in [6.07, 6.45) is 0. The molecule has 1 amide bonds. The van der Waals surface area contributed by atoms with Crippen molar-refractivity contribution in [2.45, 2.75) is 46.7 Å². The average molecular weight is 279 g/mol. The molecular formula is C16H25NO3. The summed E-state index contributed by atoms with van der Waals surface area (Å²) in [7, 11) is 1.60. The quantitative estimate of drug-likeness (QED) is 0.803. The van der Waals surface area contributed by atoms with Crippen molar-refractivity contribution in [3.63, 3.8) is 0 Å². The third kappa shape index (κ3) is 4.15. The van der Waals surface area contributed by atoms with E-state index in [-0.39, 0.29) is 24.6 Å². The lowest BCUT2D eigenvalue weighted by molar-refractivity contribution is -0.137. The Morgan fingerprint density at radius 3 is 2.25 bits per heavy atom. The number of benzene rings is 1. The number of rotatable bonds is 6. The lowest BCUT2D eigenvalue weighted by Crippen LogP contribution is -2.44. The van der Waals surface area contributed by atoms with E-state index in [9.17, 15) is 4.79 Å². The molecule has 0 aliphatic rings. The van der Waals surface area contributed by atoms with Crippen LogP contribution < -0.4 is 9.47 Å². The molecule has 1 rings (SSSR count). The molecule has 0 saturated heterocycles. The number of aryl methyl sites for hydroxylation is 1.